The average molecular weight is 161 g/mol. The van der Waals surface area contributed by atoms with Gasteiger partial charge in [-0.3, -0.25) is 0 Å². The van der Waals surface area contributed by atoms with Crippen LogP contribution in [0.1, 0.15) is 0 Å². The standard InChI is InChI=1S/C3H4O3.2ClH/c1-2-4-6-5-3-1;;/h1-2H,3H2;2*1H. The van der Waals surface area contributed by atoms with Crippen molar-refractivity contribution in [1.82, 2.24) is 0 Å². The third-order valence-corrected chi connectivity index (χ3v) is 0.403. The van der Waals surface area contributed by atoms with Crippen LogP contribution in [0.15, 0.2) is 12.3 Å². The van der Waals surface area contributed by atoms with E-state index in [2.05, 4.69) is 14.8 Å². The largest absolute Gasteiger partial charge is 0.317 e. The van der Waals surface area contributed by atoms with Crippen molar-refractivity contribution in [2.45, 2.75) is 0 Å². The van der Waals surface area contributed by atoms with Crippen LogP contribution in [-0.2, 0) is 14.8 Å². The fraction of sp³-hybridized carbons (Fsp3) is 0.333. The number of rotatable bonds is 0. The molecule has 0 radical (unpaired) electrons. The van der Waals surface area contributed by atoms with E-state index in [0.717, 1.165) is 0 Å². The summed E-state index contributed by atoms with van der Waals surface area (Å²) in [6.45, 7) is 0.472. The lowest BCUT2D eigenvalue weighted by Gasteiger charge is -1.99. The van der Waals surface area contributed by atoms with Gasteiger partial charge in [0.1, 0.15) is 12.9 Å². The van der Waals surface area contributed by atoms with Crippen LogP contribution >= 0.6 is 24.8 Å². The van der Waals surface area contributed by atoms with Gasteiger partial charge in [0.15, 0.2) is 0 Å². The maximum absolute atomic E-state index is 4.26. The minimum absolute atomic E-state index is 0. The molecule has 0 amide bonds. The summed E-state index contributed by atoms with van der Waals surface area (Å²) in [6, 6.07) is 0. The van der Waals surface area contributed by atoms with Gasteiger partial charge in [-0.25, -0.2) is 0 Å². The van der Waals surface area contributed by atoms with Crippen molar-refractivity contribution in [1.29, 1.82) is 0 Å². The van der Waals surface area contributed by atoms with E-state index in [1.54, 1.807) is 6.08 Å². The molecule has 3 nitrogen and oxygen atoms in total. The summed E-state index contributed by atoms with van der Waals surface area (Å²) in [5, 5.41) is 3.98. The van der Waals surface area contributed by atoms with E-state index < -0.39 is 0 Å². The minimum Gasteiger partial charge on any atom is -0.317 e. The van der Waals surface area contributed by atoms with Gasteiger partial charge in [-0.2, -0.15) is 4.89 Å². The Bertz CT molecular complexity index is 57.5. The van der Waals surface area contributed by atoms with Crippen LogP contribution in [0.4, 0.5) is 0 Å². The summed E-state index contributed by atoms with van der Waals surface area (Å²) in [7, 11) is 0. The highest BCUT2D eigenvalue weighted by molar-refractivity contribution is 5.85. The Morgan fingerprint density at radius 2 is 2.00 bits per heavy atom. The van der Waals surface area contributed by atoms with Crippen LogP contribution in [0.25, 0.3) is 0 Å². The molecule has 1 rings (SSSR count). The molecule has 8 heavy (non-hydrogen) atoms. The highest BCUT2D eigenvalue weighted by Gasteiger charge is 1.87. The van der Waals surface area contributed by atoms with Gasteiger partial charge in [0, 0.05) is 0 Å². The molecule has 0 aliphatic carbocycles. The molecule has 0 aromatic carbocycles. The smallest absolute Gasteiger partial charge is 0.131 e. The van der Waals surface area contributed by atoms with E-state index in [1.165, 1.54) is 6.26 Å². The molecule has 50 valence electrons. The molecule has 1 aliphatic heterocycles. The third-order valence-electron chi connectivity index (χ3n) is 0.403. The topological polar surface area (TPSA) is 27.7 Å². The first-order valence-electron chi connectivity index (χ1n) is 1.60. The molecule has 0 atom stereocenters. The zero-order chi connectivity index (χ0) is 4.24. The van der Waals surface area contributed by atoms with Crippen molar-refractivity contribution in [3.8, 4) is 0 Å². The lowest BCUT2D eigenvalue weighted by molar-refractivity contribution is -0.493. The summed E-state index contributed by atoms with van der Waals surface area (Å²) in [6.07, 6.45) is 3.12. The molecule has 1 heterocycles. The van der Waals surface area contributed by atoms with Crippen molar-refractivity contribution in [3.63, 3.8) is 0 Å². The van der Waals surface area contributed by atoms with Crippen LogP contribution in [0.2, 0.25) is 0 Å². The molecule has 0 fully saturated rings. The predicted molar refractivity (Wildman–Crippen MR) is 31.8 cm³/mol. The lowest BCUT2D eigenvalue weighted by Crippen LogP contribution is -1.96. The molecule has 0 bridgehead atoms. The van der Waals surface area contributed by atoms with Crippen molar-refractivity contribution in [2.24, 2.45) is 0 Å². The molecule has 0 unspecified atom stereocenters. The molecule has 0 N–H and O–H groups in total. The van der Waals surface area contributed by atoms with Crippen molar-refractivity contribution in [3.05, 3.63) is 12.3 Å². The fourth-order valence-electron chi connectivity index (χ4n) is 0.196. The summed E-state index contributed by atoms with van der Waals surface area (Å²) in [5.41, 5.74) is 0. The van der Waals surface area contributed by atoms with Crippen LogP contribution < -0.4 is 0 Å². The maximum Gasteiger partial charge on any atom is 0.131 e. The Labute approximate surface area is 59.3 Å². The zero-order valence-corrected chi connectivity index (χ0v) is 5.54. The van der Waals surface area contributed by atoms with Crippen molar-refractivity contribution < 1.29 is 14.8 Å². The van der Waals surface area contributed by atoms with Gasteiger partial charge in [-0.1, -0.05) is 0 Å². The van der Waals surface area contributed by atoms with Crippen LogP contribution in [0.5, 0.6) is 0 Å². The second-order valence-electron chi connectivity index (χ2n) is 0.821. The van der Waals surface area contributed by atoms with E-state index in [4.69, 9.17) is 0 Å². The molecule has 1 aliphatic rings. The fourth-order valence-corrected chi connectivity index (χ4v) is 0.196. The van der Waals surface area contributed by atoms with Gasteiger partial charge in [0.05, 0.1) is 0 Å². The van der Waals surface area contributed by atoms with Crippen LogP contribution in [-0.4, -0.2) is 6.61 Å². The Kier molecular flexibility index (Phi) is 9.61. The van der Waals surface area contributed by atoms with E-state index in [0.29, 0.717) is 6.61 Å². The van der Waals surface area contributed by atoms with E-state index in [-0.39, 0.29) is 24.8 Å². The van der Waals surface area contributed by atoms with Gasteiger partial charge in [-0.05, 0) is 11.1 Å². The van der Waals surface area contributed by atoms with Gasteiger partial charge in [-0.15, -0.1) is 24.8 Å². The second-order valence-corrected chi connectivity index (χ2v) is 0.821. The van der Waals surface area contributed by atoms with Crippen molar-refractivity contribution >= 4 is 24.8 Å². The Hall–Kier alpha value is 0.0400. The maximum atomic E-state index is 4.26. The first-order valence-corrected chi connectivity index (χ1v) is 1.60. The minimum atomic E-state index is 0. The van der Waals surface area contributed by atoms with E-state index >= 15 is 0 Å². The summed E-state index contributed by atoms with van der Waals surface area (Å²) in [4.78, 5) is 8.43. The van der Waals surface area contributed by atoms with Gasteiger partial charge in [0.25, 0.3) is 0 Å². The molecular weight excluding hydrogens is 155 g/mol. The molecule has 0 aromatic rings. The van der Waals surface area contributed by atoms with Crippen molar-refractivity contribution in [2.75, 3.05) is 6.61 Å². The molecular formula is C3H6Cl2O3. The summed E-state index contributed by atoms with van der Waals surface area (Å²) >= 11 is 0. The summed E-state index contributed by atoms with van der Waals surface area (Å²) in [5.74, 6) is 0. The normalized spacial score (nSPS) is 15.0. The Morgan fingerprint density at radius 1 is 1.25 bits per heavy atom. The number of hydrogen-bond donors (Lipinski definition) is 0. The quantitative estimate of drug-likeness (QED) is 0.500. The first-order chi connectivity index (χ1) is 3.00. The molecule has 0 spiro atoms. The highest BCUT2D eigenvalue weighted by atomic mass is 35.5. The van der Waals surface area contributed by atoms with Gasteiger partial charge >= 0.3 is 0 Å². The van der Waals surface area contributed by atoms with Crippen LogP contribution in [0, 0.1) is 0 Å². The number of hydrogen-bond acceptors (Lipinski definition) is 3. The molecule has 0 saturated heterocycles. The van der Waals surface area contributed by atoms with Crippen LogP contribution in [0.3, 0.4) is 0 Å². The monoisotopic (exact) mass is 160 g/mol. The average Bonchev–Trinajstić information content (AvgIpc) is 1.72. The van der Waals surface area contributed by atoms with E-state index in [9.17, 15) is 0 Å². The highest BCUT2D eigenvalue weighted by Crippen LogP contribution is 1.89. The predicted octanol–water partition coefficient (Wildman–Crippen LogP) is 1.24. The molecule has 0 aromatic heterocycles. The first kappa shape index (κ1) is 10.9. The Balaban J connectivity index is 0. The molecule has 5 heteroatoms. The van der Waals surface area contributed by atoms with Gasteiger partial charge < -0.3 is 4.89 Å². The van der Waals surface area contributed by atoms with E-state index in [1.807, 2.05) is 0 Å². The second kappa shape index (κ2) is 7.04. The Morgan fingerprint density at radius 3 is 2.12 bits per heavy atom. The third kappa shape index (κ3) is 4.21. The summed E-state index contributed by atoms with van der Waals surface area (Å²) < 4.78 is 0. The molecule has 0 saturated carbocycles. The zero-order valence-electron chi connectivity index (χ0n) is 3.90. The lowest BCUT2D eigenvalue weighted by atomic mass is 10.7. The van der Waals surface area contributed by atoms with Gasteiger partial charge in [0.2, 0.25) is 0 Å². The SMILES string of the molecule is C1=COOOC1.Cl.Cl. The number of halogens is 2.